The molecule has 0 amide bonds. The van der Waals surface area contributed by atoms with Crippen LogP contribution in [0.2, 0.25) is 0 Å². The van der Waals surface area contributed by atoms with E-state index in [2.05, 4.69) is 116 Å². The predicted octanol–water partition coefficient (Wildman–Crippen LogP) is 11.2. The molecule has 55 heavy (non-hydrogen) atoms. The molecule has 7 heteroatoms. The fourth-order valence-electron chi connectivity index (χ4n) is 15.0. The Balaban J connectivity index is 0.921. The van der Waals surface area contributed by atoms with Crippen molar-refractivity contribution < 1.29 is 0 Å². The van der Waals surface area contributed by atoms with Crippen LogP contribution in [0.25, 0.3) is 0 Å². The molecule has 5 aliphatic heterocycles. The fraction of sp³-hybridized carbons (Fsp3) is 0.625. The summed E-state index contributed by atoms with van der Waals surface area (Å²) < 4.78 is 0. The maximum Gasteiger partial charge on any atom is 0.0601 e. The third-order valence-electron chi connectivity index (χ3n) is 16.8. The number of hydrogen-bond donors (Lipinski definition) is 0. The summed E-state index contributed by atoms with van der Waals surface area (Å²) in [5.41, 5.74) is 5.54. The van der Waals surface area contributed by atoms with Crippen molar-refractivity contribution in [2.45, 2.75) is 194 Å². The predicted molar refractivity (Wildman–Crippen MR) is 232 cm³/mol. The van der Waals surface area contributed by atoms with Crippen LogP contribution in [0.1, 0.15) is 114 Å². The van der Waals surface area contributed by atoms with Gasteiger partial charge in [0.2, 0.25) is 0 Å². The lowest BCUT2D eigenvalue weighted by Crippen LogP contribution is -2.87. The number of hydrogen-bond acceptors (Lipinski definition) is 7. The molecule has 13 rings (SSSR count). The molecule has 3 aromatic rings. The zero-order chi connectivity index (χ0) is 35.8. The minimum Gasteiger partial charge on any atom is -0.308 e. The molecule has 0 bridgehead atoms. The van der Waals surface area contributed by atoms with Crippen molar-refractivity contribution in [2.24, 2.45) is 0 Å². The molecular formula is C48H58N4S3. The molecule has 12 unspecified atom stereocenters. The highest BCUT2D eigenvalue weighted by Gasteiger charge is 2.67. The largest absolute Gasteiger partial charge is 0.308 e. The zero-order valence-corrected chi connectivity index (χ0v) is 34.8. The average molecular weight is 787 g/mol. The molecule has 0 aromatic heterocycles. The summed E-state index contributed by atoms with van der Waals surface area (Å²) in [7, 11) is 0. The summed E-state index contributed by atoms with van der Waals surface area (Å²) >= 11 is 6.92. The van der Waals surface area contributed by atoms with E-state index in [1.54, 1.807) is 5.56 Å². The third-order valence-corrected chi connectivity index (χ3v) is 21.4. The van der Waals surface area contributed by atoms with Gasteiger partial charge in [0.1, 0.15) is 0 Å². The second-order valence-corrected chi connectivity index (χ2v) is 23.3. The van der Waals surface area contributed by atoms with Crippen LogP contribution in [0, 0.1) is 0 Å². The number of rotatable bonds is 2. The maximum absolute atomic E-state index is 3.39. The summed E-state index contributed by atoms with van der Waals surface area (Å²) in [6, 6.07) is 35.1. The number of piperazine rings is 2. The smallest absolute Gasteiger partial charge is 0.0601 e. The second kappa shape index (κ2) is 13.5. The zero-order valence-electron chi connectivity index (χ0n) is 32.3. The lowest BCUT2D eigenvalue weighted by Gasteiger charge is -2.75. The van der Waals surface area contributed by atoms with Gasteiger partial charge in [-0.3, -0.25) is 14.7 Å². The average Bonchev–Trinajstić information content (AvgIpc) is 3.24. The molecule has 5 heterocycles. The Morgan fingerprint density at radius 3 is 1.45 bits per heavy atom. The van der Waals surface area contributed by atoms with Crippen molar-refractivity contribution in [3.05, 3.63) is 78.4 Å². The van der Waals surface area contributed by atoms with Crippen LogP contribution in [-0.2, 0) is 0 Å². The van der Waals surface area contributed by atoms with Gasteiger partial charge in [-0.1, -0.05) is 86.7 Å². The van der Waals surface area contributed by atoms with Gasteiger partial charge in [0, 0.05) is 90.9 Å². The van der Waals surface area contributed by atoms with Gasteiger partial charge in [0.15, 0.2) is 0 Å². The first kappa shape index (κ1) is 34.3. The fourth-order valence-corrected chi connectivity index (χ4v) is 20.0. The first-order valence-electron chi connectivity index (χ1n) is 22.7. The Kier molecular flexibility index (Phi) is 8.39. The van der Waals surface area contributed by atoms with Crippen LogP contribution >= 0.6 is 35.3 Å². The van der Waals surface area contributed by atoms with E-state index in [1.807, 2.05) is 11.8 Å². The SMILES string of the molecule is c1ccc2c(c1)Sc1ccccc1N2c1ccc(C2CC3C4C(C2)N2C5CCCCC5SC5CCCC(C52)N4C2CCCC4SC5CCCCC5N3C42)cc1. The molecule has 5 saturated carbocycles. The van der Waals surface area contributed by atoms with Crippen molar-refractivity contribution in [2.75, 3.05) is 4.90 Å². The van der Waals surface area contributed by atoms with E-state index in [9.17, 15) is 0 Å². The third kappa shape index (κ3) is 5.17. The molecule has 3 aromatic carbocycles. The minimum atomic E-state index is 0.629. The standard InChI is InChI=1S/C48H58N4S3/c1-5-17-40-32(11-1)49(33-12-2-6-18-41(33)53-40)31-25-23-29(24-26-31)30-27-38-46-39(28-30)51-35-14-4-8-20-43(35)55-45-22-10-16-37(48(45)51)52(46)36-15-9-21-44-47(36)50(38)34-13-3-7-19-42(34)54-44/h1-2,5-6,11-12,17-18,23-26,30,34-39,42-48H,3-4,7-10,13-16,19-22,27-28H2. The molecule has 0 spiro atoms. The van der Waals surface area contributed by atoms with Crippen LogP contribution < -0.4 is 4.90 Å². The van der Waals surface area contributed by atoms with Crippen molar-refractivity contribution in [1.29, 1.82) is 0 Å². The van der Waals surface area contributed by atoms with Gasteiger partial charge >= 0.3 is 0 Å². The van der Waals surface area contributed by atoms with E-state index in [4.69, 9.17) is 0 Å². The van der Waals surface area contributed by atoms with Gasteiger partial charge in [-0.05, 0) is 112 Å². The summed E-state index contributed by atoms with van der Waals surface area (Å²) in [5, 5.41) is 3.45. The van der Waals surface area contributed by atoms with Crippen LogP contribution in [0.15, 0.2) is 82.6 Å². The van der Waals surface area contributed by atoms with Gasteiger partial charge in [-0.15, -0.1) is 0 Å². The van der Waals surface area contributed by atoms with Gasteiger partial charge in [-0.25, -0.2) is 0 Å². The van der Waals surface area contributed by atoms with E-state index >= 15 is 0 Å². The van der Waals surface area contributed by atoms with Gasteiger partial charge in [-0.2, -0.15) is 23.5 Å². The van der Waals surface area contributed by atoms with E-state index in [0.29, 0.717) is 18.0 Å². The van der Waals surface area contributed by atoms with E-state index in [1.165, 1.54) is 130 Å². The minimum absolute atomic E-state index is 0.629. The number of anilines is 3. The second-order valence-electron chi connectivity index (χ2n) is 19.2. The van der Waals surface area contributed by atoms with Crippen molar-refractivity contribution >= 4 is 52.3 Å². The molecule has 12 atom stereocenters. The first-order chi connectivity index (χ1) is 27.3. The first-order valence-corrected chi connectivity index (χ1v) is 25.4. The highest BCUT2D eigenvalue weighted by molar-refractivity contribution is 8.01. The molecule has 288 valence electrons. The Labute approximate surface area is 342 Å². The highest BCUT2D eigenvalue weighted by Crippen LogP contribution is 2.60. The van der Waals surface area contributed by atoms with E-state index in [-0.39, 0.29) is 0 Å². The van der Waals surface area contributed by atoms with Crippen molar-refractivity contribution in [3.8, 4) is 0 Å². The highest BCUT2D eigenvalue weighted by atomic mass is 32.2. The molecular weight excluding hydrogens is 729 g/mol. The van der Waals surface area contributed by atoms with Crippen molar-refractivity contribution in [3.63, 3.8) is 0 Å². The van der Waals surface area contributed by atoms with Crippen LogP contribution in [0.4, 0.5) is 17.1 Å². The Bertz CT molecular complexity index is 1830. The molecule has 0 radical (unpaired) electrons. The molecule has 0 N–H and O–H groups in total. The Morgan fingerprint density at radius 1 is 0.418 bits per heavy atom. The number of nitrogens with zero attached hydrogens (tertiary/aromatic N) is 4. The summed E-state index contributed by atoms with van der Waals surface area (Å²) in [6.45, 7) is 0. The molecule has 9 fully saturated rings. The molecule has 10 aliphatic rings. The van der Waals surface area contributed by atoms with E-state index < -0.39 is 0 Å². The number of fused-ring (bicyclic) bond motifs is 10. The lowest BCUT2D eigenvalue weighted by molar-refractivity contribution is -0.210. The summed E-state index contributed by atoms with van der Waals surface area (Å²) in [6.07, 6.45) is 23.2. The lowest BCUT2D eigenvalue weighted by atomic mass is 9.64. The Hall–Kier alpha value is -1.61. The van der Waals surface area contributed by atoms with Crippen LogP contribution in [0.5, 0.6) is 0 Å². The van der Waals surface area contributed by atoms with Crippen LogP contribution in [-0.4, -0.2) is 90.1 Å². The van der Waals surface area contributed by atoms with Gasteiger partial charge in [0.25, 0.3) is 0 Å². The summed E-state index contributed by atoms with van der Waals surface area (Å²) in [4.78, 5) is 15.4. The monoisotopic (exact) mass is 786 g/mol. The van der Waals surface area contributed by atoms with Gasteiger partial charge in [0.05, 0.1) is 11.4 Å². The topological polar surface area (TPSA) is 13.0 Å². The van der Waals surface area contributed by atoms with E-state index in [0.717, 1.165) is 63.3 Å². The Morgan fingerprint density at radius 2 is 0.891 bits per heavy atom. The molecule has 4 nitrogen and oxygen atoms in total. The molecule has 5 aliphatic carbocycles. The number of para-hydroxylation sites is 2. The van der Waals surface area contributed by atoms with Crippen LogP contribution in [0.3, 0.4) is 0 Å². The van der Waals surface area contributed by atoms with Crippen molar-refractivity contribution in [1.82, 2.24) is 14.7 Å². The quantitative estimate of drug-likeness (QED) is 0.198. The number of benzene rings is 3. The molecule has 4 saturated heterocycles. The summed E-state index contributed by atoms with van der Waals surface area (Å²) in [5.74, 6) is 0.629. The van der Waals surface area contributed by atoms with Gasteiger partial charge < -0.3 is 4.90 Å². The number of thioether (sulfide) groups is 2. The normalized spacial score (nSPS) is 43.1. The maximum atomic E-state index is 3.39.